The number of likely N-dealkylation sites (N-methyl/N-ethyl adjacent to an activating group) is 1. The van der Waals surface area contributed by atoms with Crippen molar-refractivity contribution in [1.82, 2.24) is 0 Å². The van der Waals surface area contributed by atoms with E-state index in [1.807, 2.05) is 6.08 Å². The predicted octanol–water partition coefficient (Wildman–Crippen LogP) is 11.6. The van der Waals surface area contributed by atoms with Gasteiger partial charge in [-0.25, -0.2) is 0 Å². The molecular formula is C50H87NO7. The molecule has 0 fully saturated rings. The lowest BCUT2D eigenvalue weighted by molar-refractivity contribution is -0.889. The van der Waals surface area contributed by atoms with Crippen LogP contribution in [0.2, 0.25) is 0 Å². The van der Waals surface area contributed by atoms with Gasteiger partial charge in [0, 0.05) is 19.3 Å². The van der Waals surface area contributed by atoms with Crippen LogP contribution >= 0.6 is 0 Å². The van der Waals surface area contributed by atoms with Gasteiger partial charge in [0.2, 0.25) is 0 Å². The molecular weight excluding hydrogens is 727 g/mol. The third kappa shape index (κ3) is 38.5. The minimum absolute atomic E-state index is 0.0212. The number of allylic oxidation sites excluding steroid dienone is 10. The van der Waals surface area contributed by atoms with E-state index in [-0.39, 0.29) is 49.1 Å². The first-order chi connectivity index (χ1) is 28.1. The lowest BCUT2D eigenvalue weighted by atomic mass is 10.0. The highest BCUT2D eigenvalue weighted by atomic mass is 16.6. The maximum Gasteiger partial charge on any atom is 0.306 e. The highest BCUT2D eigenvalue weighted by molar-refractivity contribution is 5.70. The number of carbonyl (C=O) groups is 3. The maximum absolute atomic E-state index is 12.7. The van der Waals surface area contributed by atoms with Gasteiger partial charge < -0.3 is 28.6 Å². The van der Waals surface area contributed by atoms with Crippen molar-refractivity contribution in [2.75, 3.05) is 41.0 Å². The Morgan fingerprint density at radius 2 is 1.00 bits per heavy atom. The molecule has 8 nitrogen and oxygen atoms in total. The van der Waals surface area contributed by atoms with Gasteiger partial charge in [-0.1, -0.05) is 164 Å². The lowest BCUT2D eigenvalue weighted by Gasteiger charge is -2.34. The van der Waals surface area contributed by atoms with Crippen molar-refractivity contribution in [2.45, 2.75) is 199 Å². The average Bonchev–Trinajstić information content (AvgIpc) is 3.18. The Balaban J connectivity index is 4.33. The second kappa shape index (κ2) is 40.8. The Morgan fingerprint density at radius 3 is 1.50 bits per heavy atom. The molecule has 0 radical (unpaired) electrons. The molecule has 0 aromatic carbocycles. The molecule has 0 rings (SSSR count). The first kappa shape index (κ1) is 55.0. The fourth-order valence-electron chi connectivity index (χ4n) is 6.55. The zero-order valence-corrected chi connectivity index (χ0v) is 37.9. The van der Waals surface area contributed by atoms with Crippen molar-refractivity contribution in [3.63, 3.8) is 0 Å². The van der Waals surface area contributed by atoms with E-state index in [0.717, 1.165) is 51.4 Å². The topological polar surface area (TPSA) is 102 Å². The lowest BCUT2D eigenvalue weighted by Crippen LogP contribution is -2.55. The molecule has 0 amide bonds. The first-order valence-electron chi connectivity index (χ1n) is 23.3. The average molecular weight is 814 g/mol. The molecule has 0 aromatic heterocycles. The highest BCUT2D eigenvalue weighted by Crippen LogP contribution is 2.14. The van der Waals surface area contributed by atoms with Gasteiger partial charge in [0.15, 0.2) is 6.10 Å². The summed E-state index contributed by atoms with van der Waals surface area (Å²) in [7, 11) is 5.39. The number of aliphatic carboxylic acids is 1. The molecule has 0 aliphatic heterocycles. The number of hydrogen-bond donors (Lipinski definition) is 0. The summed E-state index contributed by atoms with van der Waals surface area (Å²) in [6.07, 6.45) is 49.8. The van der Waals surface area contributed by atoms with E-state index in [1.54, 1.807) is 21.1 Å². The highest BCUT2D eigenvalue weighted by Gasteiger charge is 2.25. The van der Waals surface area contributed by atoms with Crippen LogP contribution in [0.4, 0.5) is 0 Å². The van der Waals surface area contributed by atoms with E-state index < -0.39 is 18.1 Å². The number of carboxylic acid groups (broad SMARTS) is 1. The molecule has 0 spiro atoms. The van der Waals surface area contributed by atoms with Crippen LogP contribution in [0.5, 0.6) is 0 Å². The van der Waals surface area contributed by atoms with Gasteiger partial charge in [0.1, 0.15) is 12.6 Å². The van der Waals surface area contributed by atoms with Crippen LogP contribution in [0.25, 0.3) is 0 Å². The summed E-state index contributed by atoms with van der Waals surface area (Å²) in [4.78, 5) is 36.8. The Bertz CT molecular complexity index is 1130. The van der Waals surface area contributed by atoms with Gasteiger partial charge in [0.05, 0.1) is 40.3 Å². The summed E-state index contributed by atoms with van der Waals surface area (Å²) in [6, 6.07) is -0.735. The SMILES string of the molecule is CC/C=C/C/C=C/C/C=C/CCCCCCCCCCCCCC(=O)OC(COCCC(C(=O)[O-])[N+](C)(C)C)COC(=O)CC/C=C/C/C=C/CCCCCCCC. The van der Waals surface area contributed by atoms with Crippen LogP contribution in [-0.4, -0.2) is 75.5 Å². The second-order valence-corrected chi connectivity index (χ2v) is 16.6. The summed E-state index contributed by atoms with van der Waals surface area (Å²) in [5.41, 5.74) is 0. The largest absolute Gasteiger partial charge is 0.544 e. The van der Waals surface area contributed by atoms with Crippen LogP contribution in [0.15, 0.2) is 60.8 Å². The van der Waals surface area contributed by atoms with Crippen molar-refractivity contribution in [2.24, 2.45) is 0 Å². The molecule has 0 aliphatic rings. The maximum atomic E-state index is 12.7. The Kier molecular flexibility index (Phi) is 38.7. The molecule has 0 saturated heterocycles. The number of ether oxygens (including phenoxy) is 3. The van der Waals surface area contributed by atoms with E-state index >= 15 is 0 Å². The fourth-order valence-corrected chi connectivity index (χ4v) is 6.55. The van der Waals surface area contributed by atoms with Crippen LogP contribution in [0, 0.1) is 0 Å². The summed E-state index contributed by atoms with van der Waals surface area (Å²) in [5.74, 6) is -1.82. The fraction of sp³-hybridized carbons (Fsp3) is 0.740. The summed E-state index contributed by atoms with van der Waals surface area (Å²) in [5, 5.41) is 11.6. The van der Waals surface area contributed by atoms with Gasteiger partial charge in [-0.2, -0.15) is 0 Å². The van der Waals surface area contributed by atoms with Gasteiger partial charge in [-0.05, 0) is 64.2 Å². The van der Waals surface area contributed by atoms with Gasteiger partial charge >= 0.3 is 11.9 Å². The van der Waals surface area contributed by atoms with Crippen LogP contribution in [0.3, 0.4) is 0 Å². The number of rotatable bonds is 41. The quantitative estimate of drug-likeness (QED) is 0.0262. The summed E-state index contributed by atoms with van der Waals surface area (Å²) >= 11 is 0. The number of quaternary nitrogens is 1. The minimum atomic E-state index is -1.13. The van der Waals surface area contributed by atoms with E-state index in [2.05, 4.69) is 68.5 Å². The van der Waals surface area contributed by atoms with Crippen molar-refractivity contribution in [3.05, 3.63) is 60.8 Å². The monoisotopic (exact) mass is 814 g/mol. The Morgan fingerprint density at radius 1 is 0.534 bits per heavy atom. The smallest absolute Gasteiger partial charge is 0.306 e. The van der Waals surface area contributed by atoms with Crippen LogP contribution < -0.4 is 5.11 Å². The number of nitrogens with zero attached hydrogens (tertiary/aromatic N) is 1. The van der Waals surface area contributed by atoms with E-state index in [0.29, 0.717) is 12.8 Å². The second-order valence-electron chi connectivity index (χ2n) is 16.6. The summed E-state index contributed by atoms with van der Waals surface area (Å²) < 4.78 is 17.1. The molecule has 8 heteroatoms. The molecule has 58 heavy (non-hydrogen) atoms. The van der Waals surface area contributed by atoms with Crippen molar-refractivity contribution in [3.8, 4) is 0 Å². The third-order valence-electron chi connectivity index (χ3n) is 10.2. The van der Waals surface area contributed by atoms with E-state index in [4.69, 9.17) is 14.2 Å². The van der Waals surface area contributed by atoms with Crippen LogP contribution in [-0.2, 0) is 28.6 Å². The zero-order valence-electron chi connectivity index (χ0n) is 37.9. The number of esters is 2. The molecule has 0 saturated carbocycles. The molecule has 2 atom stereocenters. The van der Waals surface area contributed by atoms with Crippen molar-refractivity contribution < 1.29 is 38.2 Å². The number of carboxylic acids is 1. The van der Waals surface area contributed by atoms with E-state index in [9.17, 15) is 19.5 Å². The molecule has 0 N–H and O–H groups in total. The molecule has 0 bridgehead atoms. The molecule has 0 aliphatic carbocycles. The van der Waals surface area contributed by atoms with Gasteiger partial charge in [-0.15, -0.1) is 0 Å². The normalized spacial score (nSPS) is 13.5. The molecule has 0 aromatic rings. The predicted molar refractivity (Wildman–Crippen MR) is 240 cm³/mol. The Labute approximate surface area is 356 Å². The number of hydrogen-bond acceptors (Lipinski definition) is 7. The number of carbonyl (C=O) groups excluding carboxylic acids is 3. The molecule has 0 heterocycles. The standard InChI is InChI=1S/C50H87NO7/c1-6-8-10-12-14-16-18-20-21-22-23-24-25-26-27-29-31-33-35-37-39-41-49(53)58-46(44-56-43-42-47(50(54)55)51(3,4)5)45-57-48(52)40-38-36-34-32-30-28-19-17-15-13-11-9-7-2/h8,10,14,16,20-21,28,30,34,36,46-47H,6-7,9,11-13,15,17-19,22-27,29,31-33,35,37-45H2,1-5H3/b10-8+,16-14+,21-20+,30-28+,36-34+. The van der Waals surface area contributed by atoms with Crippen LogP contribution in [0.1, 0.15) is 187 Å². The summed E-state index contributed by atoms with van der Waals surface area (Å²) in [6.45, 7) is 4.48. The molecule has 2 unspecified atom stereocenters. The van der Waals surface area contributed by atoms with Crippen molar-refractivity contribution in [1.29, 1.82) is 0 Å². The third-order valence-corrected chi connectivity index (χ3v) is 10.2. The Hall–Kier alpha value is -2.97. The minimum Gasteiger partial charge on any atom is -0.544 e. The van der Waals surface area contributed by atoms with Gasteiger partial charge in [0.25, 0.3) is 0 Å². The van der Waals surface area contributed by atoms with Gasteiger partial charge in [-0.3, -0.25) is 9.59 Å². The molecule has 334 valence electrons. The zero-order chi connectivity index (χ0) is 42.8. The van der Waals surface area contributed by atoms with E-state index in [1.165, 1.54) is 96.3 Å². The van der Waals surface area contributed by atoms with Crippen molar-refractivity contribution >= 4 is 17.9 Å². The number of unbranched alkanes of at least 4 members (excludes halogenated alkanes) is 17. The first-order valence-corrected chi connectivity index (χ1v) is 23.3.